The molecule has 128 valence electrons. The van der Waals surface area contributed by atoms with E-state index >= 15 is 0 Å². The highest BCUT2D eigenvalue weighted by molar-refractivity contribution is 6.33. The number of aromatic carboxylic acids is 1. The number of rotatable bonds is 5. The Morgan fingerprint density at radius 2 is 2.00 bits per heavy atom. The molecular weight excluding hydrogens is 344 g/mol. The van der Waals surface area contributed by atoms with E-state index in [0.717, 1.165) is 11.3 Å². The SMILES string of the molecule is COc1ccc(Cn2nnc(-c3cc(C)c(C(=O)O)cc3Cl)n2)cc1. The normalized spacial score (nSPS) is 10.7. The van der Waals surface area contributed by atoms with E-state index in [1.54, 1.807) is 20.1 Å². The van der Waals surface area contributed by atoms with Crippen LogP contribution in [-0.2, 0) is 6.54 Å². The van der Waals surface area contributed by atoms with Crippen molar-refractivity contribution >= 4 is 17.6 Å². The number of benzene rings is 2. The average Bonchev–Trinajstić information content (AvgIpc) is 3.05. The first-order valence-corrected chi connectivity index (χ1v) is 7.80. The summed E-state index contributed by atoms with van der Waals surface area (Å²) in [4.78, 5) is 12.6. The van der Waals surface area contributed by atoms with E-state index in [0.29, 0.717) is 23.5 Å². The van der Waals surface area contributed by atoms with Crippen LogP contribution in [0.3, 0.4) is 0 Å². The standard InChI is InChI=1S/C17H15ClN4O3/c1-10-7-14(15(18)8-13(10)17(23)24)16-19-21-22(20-16)9-11-3-5-12(25-2)6-4-11/h3-8H,9H2,1-2H3,(H,23,24). The molecule has 0 aliphatic carbocycles. The first kappa shape index (κ1) is 16.9. The largest absolute Gasteiger partial charge is 0.497 e. The van der Waals surface area contributed by atoms with Gasteiger partial charge in [-0.2, -0.15) is 4.80 Å². The number of aryl methyl sites for hydroxylation is 1. The van der Waals surface area contributed by atoms with Crippen LogP contribution in [-0.4, -0.2) is 38.4 Å². The Bertz CT molecular complexity index is 922. The van der Waals surface area contributed by atoms with Crippen LogP contribution in [0.1, 0.15) is 21.5 Å². The third-order valence-electron chi connectivity index (χ3n) is 3.72. The van der Waals surface area contributed by atoms with Crippen LogP contribution in [0.15, 0.2) is 36.4 Å². The van der Waals surface area contributed by atoms with Crippen LogP contribution in [0.25, 0.3) is 11.4 Å². The zero-order valence-corrected chi connectivity index (χ0v) is 14.4. The molecule has 0 spiro atoms. The molecule has 3 rings (SSSR count). The number of carboxylic acids is 1. The number of nitrogens with zero attached hydrogens (tertiary/aromatic N) is 4. The van der Waals surface area contributed by atoms with Gasteiger partial charge in [-0.25, -0.2) is 4.79 Å². The number of methoxy groups -OCH3 is 1. The van der Waals surface area contributed by atoms with Gasteiger partial charge < -0.3 is 9.84 Å². The number of tetrazole rings is 1. The predicted molar refractivity (Wildman–Crippen MR) is 92.1 cm³/mol. The Morgan fingerprint density at radius 3 is 2.64 bits per heavy atom. The summed E-state index contributed by atoms with van der Waals surface area (Å²) >= 11 is 6.19. The van der Waals surface area contributed by atoms with Crippen molar-refractivity contribution in [3.05, 3.63) is 58.1 Å². The van der Waals surface area contributed by atoms with Crippen LogP contribution in [0.2, 0.25) is 5.02 Å². The highest BCUT2D eigenvalue weighted by Crippen LogP contribution is 2.28. The maximum atomic E-state index is 11.2. The molecule has 8 heteroatoms. The van der Waals surface area contributed by atoms with Crippen molar-refractivity contribution in [3.63, 3.8) is 0 Å². The van der Waals surface area contributed by atoms with E-state index in [1.807, 2.05) is 24.3 Å². The Balaban J connectivity index is 1.85. The number of ether oxygens (including phenoxy) is 1. The predicted octanol–water partition coefficient (Wildman–Crippen LogP) is 3.06. The Kier molecular flexibility index (Phi) is 4.67. The lowest BCUT2D eigenvalue weighted by molar-refractivity contribution is 0.0696. The number of halogens is 1. The van der Waals surface area contributed by atoms with E-state index in [4.69, 9.17) is 21.4 Å². The smallest absolute Gasteiger partial charge is 0.336 e. The van der Waals surface area contributed by atoms with Gasteiger partial charge in [0.1, 0.15) is 5.75 Å². The van der Waals surface area contributed by atoms with Gasteiger partial charge in [-0.3, -0.25) is 0 Å². The zero-order chi connectivity index (χ0) is 18.0. The molecule has 1 heterocycles. The molecule has 0 saturated carbocycles. The number of hydrogen-bond acceptors (Lipinski definition) is 5. The summed E-state index contributed by atoms with van der Waals surface area (Å²) < 4.78 is 5.13. The summed E-state index contributed by atoms with van der Waals surface area (Å²) in [5.41, 5.74) is 2.27. The second-order valence-corrected chi connectivity index (χ2v) is 5.85. The molecule has 0 bridgehead atoms. The quantitative estimate of drug-likeness (QED) is 0.753. The van der Waals surface area contributed by atoms with Gasteiger partial charge in [0.15, 0.2) is 0 Å². The highest BCUT2D eigenvalue weighted by atomic mass is 35.5. The van der Waals surface area contributed by atoms with E-state index in [1.165, 1.54) is 10.9 Å². The summed E-state index contributed by atoms with van der Waals surface area (Å²) in [5, 5.41) is 21.8. The van der Waals surface area contributed by atoms with Gasteiger partial charge in [0.2, 0.25) is 5.82 Å². The number of carbonyl (C=O) groups is 1. The van der Waals surface area contributed by atoms with Crippen molar-refractivity contribution in [3.8, 4) is 17.1 Å². The average molecular weight is 359 g/mol. The van der Waals surface area contributed by atoms with Gasteiger partial charge in [0.05, 0.1) is 24.2 Å². The molecule has 0 atom stereocenters. The molecule has 0 aliphatic heterocycles. The van der Waals surface area contributed by atoms with Crippen LogP contribution in [0.4, 0.5) is 0 Å². The molecule has 3 aromatic rings. The highest BCUT2D eigenvalue weighted by Gasteiger charge is 2.16. The van der Waals surface area contributed by atoms with Gasteiger partial charge in [-0.05, 0) is 47.5 Å². The second kappa shape index (κ2) is 6.90. The summed E-state index contributed by atoms with van der Waals surface area (Å²) in [6.45, 7) is 2.14. The fourth-order valence-corrected chi connectivity index (χ4v) is 2.64. The second-order valence-electron chi connectivity index (χ2n) is 5.44. The van der Waals surface area contributed by atoms with Crippen molar-refractivity contribution in [2.24, 2.45) is 0 Å². The maximum absolute atomic E-state index is 11.2. The molecular formula is C17H15ClN4O3. The summed E-state index contributed by atoms with van der Waals surface area (Å²) in [5.74, 6) is 0.0948. The summed E-state index contributed by atoms with van der Waals surface area (Å²) in [6.07, 6.45) is 0. The van der Waals surface area contributed by atoms with Crippen molar-refractivity contribution in [1.29, 1.82) is 0 Å². The van der Waals surface area contributed by atoms with Gasteiger partial charge in [-0.15, -0.1) is 10.2 Å². The van der Waals surface area contributed by atoms with Crippen LogP contribution in [0, 0.1) is 6.92 Å². The molecule has 1 N–H and O–H groups in total. The maximum Gasteiger partial charge on any atom is 0.336 e. The third kappa shape index (κ3) is 3.61. The van der Waals surface area contributed by atoms with Crippen molar-refractivity contribution in [2.45, 2.75) is 13.5 Å². The van der Waals surface area contributed by atoms with E-state index in [2.05, 4.69) is 15.4 Å². The monoisotopic (exact) mass is 358 g/mol. The molecule has 0 fully saturated rings. The van der Waals surface area contributed by atoms with Crippen molar-refractivity contribution < 1.29 is 14.6 Å². The molecule has 0 aliphatic rings. The molecule has 25 heavy (non-hydrogen) atoms. The van der Waals surface area contributed by atoms with Crippen LogP contribution in [0.5, 0.6) is 5.75 Å². The zero-order valence-electron chi connectivity index (χ0n) is 13.6. The van der Waals surface area contributed by atoms with Crippen molar-refractivity contribution in [2.75, 3.05) is 7.11 Å². The number of aromatic nitrogens is 4. The third-order valence-corrected chi connectivity index (χ3v) is 4.03. The minimum absolute atomic E-state index is 0.152. The van der Waals surface area contributed by atoms with Gasteiger partial charge in [0.25, 0.3) is 0 Å². The summed E-state index contributed by atoms with van der Waals surface area (Å²) in [7, 11) is 1.61. The van der Waals surface area contributed by atoms with Crippen LogP contribution < -0.4 is 4.74 Å². The molecule has 0 amide bonds. The topological polar surface area (TPSA) is 90.1 Å². The van der Waals surface area contributed by atoms with Crippen LogP contribution >= 0.6 is 11.6 Å². The van der Waals surface area contributed by atoms with E-state index in [9.17, 15) is 4.79 Å². The lowest BCUT2D eigenvalue weighted by Crippen LogP contribution is -2.04. The lowest BCUT2D eigenvalue weighted by atomic mass is 10.0. The van der Waals surface area contributed by atoms with Gasteiger partial charge in [-0.1, -0.05) is 23.7 Å². The lowest BCUT2D eigenvalue weighted by Gasteiger charge is -2.05. The minimum atomic E-state index is -1.03. The molecule has 0 unspecified atom stereocenters. The first-order valence-electron chi connectivity index (χ1n) is 7.42. The fraction of sp³-hybridized carbons (Fsp3) is 0.176. The molecule has 2 aromatic carbocycles. The summed E-state index contributed by atoms with van der Waals surface area (Å²) in [6, 6.07) is 10.6. The Hall–Kier alpha value is -2.93. The molecule has 1 aromatic heterocycles. The molecule has 7 nitrogen and oxygen atoms in total. The number of hydrogen-bond donors (Lipinski definition) is 1. The van der Waals surface area contributed by atoms with E-state index in [-0.39, 0.29) is 10.6 Å². The fourth-order valence-electron chi connectivity index (χ4n) is 2.40. The molecule has 0 radical (unpaired) electrons. The Morgan fingerprint density at radius 1 is 1.28 bits per heavy atom. The minimum Gasteiger partial charge on any atom is -0.497 e. The van der Waals surface area contributed by atoms with Crippen molar-refractivity contribution in [1.82, 2.24) is 20.2 Å². The van der Waals surface area contributed by atoms with E-state index < -0.39 is 5.97 Å². The number of carboxylic acid groups (broad SMARTS) is 1. The van der Waals surface area contributed by atoms with Gasteiger partial charge in [0, 0.05) is 5.56 Å². The van der Waals surface area contributed by atoms with Gasteiger partial charge >= 0.3 is 5.97 Å². The first-order chi connectivity index (χ1) is 12.0. The Labute approximate surface area is 148 Å². The molecule has 0 saturated heterocycles.